The van der Waals surface area contributed by atoms with Crippen molar-refractivity contribution < 1.29 is 9.59 Å². The fourth-order valence-electron chi connectivity index (χ4n) is 4.62. The molecular weight excluding hydrogens is 314 g/mol. The Bertz CT molecular complexity index is 432. The SMILES string of the molecule is O=C(CN1CCCCCC1)NC1CCN(C(=O)C2CCCCC2)CC1. The molecule has 0 aromatic rings. The van der Waals surface area contributed by atoms with Gasteiger partial charge in [-0.15, -0.1) is 0 Å². The van der Waals surface area contributed by atoms with Crippen molar-refractivity contribution in [2.75, 3.05) is 32.7 Å². The summed E-state index contributed by atoms with van der Waals surface area (Å²) in [5.74, 6) is 0.802. The standard InChI is InChI=1S/C20H35N3O2/c24-19(16-22-12-6-1-2-7-13-22)21-18-10-14-23(15-11-18)20(25)17-8-4-3-5-9-17/h17-18H,1-16H2,(H,21,24). The Hall–Kier alpha value is -1.10. The number of amides is 2. The van der Waals surface area contributed by atoms with Crippen LogP contribution in [-0.2, 0) is 9.59 Å². The lowest BCUT2D eigenvalue weighted by Crippen LogP contribution is -2.50. The van der Waals surface area contributed by atoms with Crippen LogP contribution in [0.4, 0.5) is 0 Å². The molecule has 142 valence electrons. The van der Waals surface area contributed by atoms with Crippen LogP contribution in [0.1, 0.15) is 70.6 Å². The van der Waals surface area contributed by atoms with Crippen molar-refractivity contribution in [3.8, 4) is 0 Å². The minimum absolute atomic E-state index is 0.166. The molecule has 2 aliphatic heterocycles. The summed E-state index contributed by atoms with van der Waals surface area (Å²) in [6, 6.07) is 0.245. The lowest BCUT2D eigenvalue weighted by molar-refractivity contribution is -0.137. The summed E-state index contributed by atoms with van der Waals surface area (Å²) in [6.45, 7) is 4.28. The van der Waals surface area contributed by atoms with Gasteiger partial charge in [0.15, 0.2) is 0 Å². The molecule has 0 spiro atoms. The van der Waals surface area contributed by atoms with E-state index >= 15 is 0 Å². The van der Waals surface area contributed by atoms with Crippen molar-refractivity contribution in [1.29, 1.82) is 0 Å². The van der Waals surface area contributed by atoms with E-state index in [-0.39, 0.29) is 17.9 Å². The Kier molecular flexibility index (Phi) is 7.14. The van der Waals surface area contributed by atoms with Gasteiger partial charge < -0.3 is 10.2 Å². The average Bonchev–Trinajstić information content (AvgIpc) is 2.91. The van der Waals surface area contributed by atoms with Crippen molar-refractivity contribution in [2.24, 2.45) is 5.92 Å². The molecule has 25 heavy (non-hydrogen) atoms. The van der Waals surface area contributed by atoms with E-state index in [1.54, 1.807) is 0 Å². The van der Waals surface area contributed by atoms with E-state index in [0.29, 0.717) is 12.5 Å². The van der Waals surface area contributed by atoms with Crippen LogP contribution in [-0.4, -0.2) is 60.4 Å². The quantitative estimate of drug-likeness (QED) is 0.849. The van der Waals surface area contributed by atoms with Gasteiger partial charge in [-0.2, -0.15) is 0 Å². The van der Waals surface area contributed by atoms with Gasteiger partial charge in [-0.3, -0.25) is 14.5 Å². The molecule has 1 saturated carbocycles. The van der Waals surface area contributed by atoms with Crippen molar-refractivity contribution in [3.63, 3.8) is 0 Å². The topological polar surface area (TPSA) is 52.7 Å². The van der Waals surface area contributed by atoms with E-state index in [2.05, 4.69) is 10.2 Å². The largest absolute Gasteiger partial charge is 0.352 e. The van der Waals surface area contributed by atoms with E-state index in [9.17, 15) is 9.59 Å². The number of carbonyl (C=O) groups excluding carboxylic acids is 2. The maximum atomic E-state index is 12.6. The van der Waals surface area contributed by atoms with E-state index in [1.165, 1.54) is 44.9 Å². The molecule has 2 saturated heterocycles. The van der Waals surface area contributed by atoms with Crippen LogP contribution in [0, 0.1) is 5.92 Å². The first-order valence-corrected chi connectivity index (χ1v) is 10.5. The normalized spacial score (nSPS) is 24.7. The van der Waals surface area contributed by atoms with Crippen LogP contribution >= 0.6 is 0 Å². The molecular formula is C20H35N3O2. The number of hydrogen-bond acceptors (Lipinski definition) is 3. The average molecular weight is 350 g/mol. The Balaban J connectivity index is 1.36. The van der Waals surface area contributed by atoms with Crippen LogP contribution in [0.3, 0.4) is 0 Å². The fraction of sp³-hybridized carbons (Fsp3) is 0.900. The first kappa shape index (κ1) is 18.7. The maximum absolute atomic E-state index is 12.6. The van der Waals surface area contributed by atoms with E-state index in [1.807, 2.05) is 4.90 Å². The summed E-state index contributed by atoms with van der Waals surface area (Å²) in [6.07, 6.45) is 12.7. The van der Waals surface area contributed by atoms with Crippen molar-refractivity contribution >= 4 is 11.8 Å². The Morgan fingerprint density at radius 1 is 0.760 bits per heavy atom. The predicted molar refractivity (Wildman–Crippen MR) is 99.2 cm³/mol. The predicted octanol–water partition coefficient (Wildman–Crippen LogP) is 2.55. The second kappa shape index (κ2) is 9.56. The number of carbonyl (C=O) groups is 2. The van der Waals surface area contributed by atoms with Crippen molar-refractivity contribution in [2.45, 2.75) is 76.7 Å². The first-order valence-electron chi connectivity index (χ1n) is 10.5. The summed E-state index contributed by atoms with van der Waals surface area (Å²) >= 11 is 0. The van der Waals surface area contributed by atoms with Gasteiger partial charge in [0.1, 0.15) is 0 Å². The summed E-state index contributed by atoms with van der Waals surface area (Å²) < 4.78 is 0. The number of nitrogens with one attached hydrogen (secondary N) is 1. The highest BCUT2D eigenvalue weighted by atomic mass is 16.2. The second-order valence-electron chi connectivity index (χ2n) is 8.19. The molecule has 0 aromatic heterocycles. The lowest BCUT2D eigenvalue weighted by Gasteiger charge is -2.35. The Morgan fingerprint density at radius 3 is 2.00 bits per heavy atom. The third-order valence-corrected chi connectivity index (χ3v) is 6.19. The van der Waals surface area contributed by atoms with Crippen molar-refractivity contribution in [3.05, 3.63) is 0 Å². The molecule has 0 unspecified atom stereocenters. The molecule has 3 aliphatic rings. The minimum atomic E-state index is 0.166. The molecule has 0 radical (unpaired) electrons. The maximum Gasteiger partial charge on any atom is 0.234 e. The zero-order valence-corrected chi connectivity index (χ0v) is 15.7. The lowest BCUT2D eigenvalue weighted by atomic mass is 9.87. The molecule has 3 fully saturated rings. The van der Waals surface area contributed by atoms with Crippen LogP contribution in [0.2, 0.25) is 0 Å². The number of likely N-dealkylation sites (tertiary alicyclic amines) is 2. The van der Waals surface area contributed by atoms with Gasteiger partial charge in [-0.1, -0.05) is 32.1 Å². The molecule has 1 N–H and O–H groups in total. The molecule has 0 aromatic carbocycles. The second-order valence-corrected chi connectivity index (χ2v) is 8.19. The third-order valence-electron chi connectivity index (χ3n) is 6.19. The number of rotatable bonds is 4. The summed E-state index contributed by atoms with van der Waals surface area (Å²) in [5.41, 5.74) is 0. The number of hydrogen-bond donors (Lipinski definition) is 1. The highest BCUT2D eigenvalue weighted by molar-refractivity contribution is 5.79. The molecule has 0 bridgehead atoms. The van der Waals surface area contributed by atoms with Crippen LogP contribution in [0.15, 0.2) is 0 Å². The summed E-state index contributed by atoms with van der Waals surface area (Å²) in [7, 11) is 0. The van der Waals surface area contributed by atoms with Gasteiger partial charge >= 0.3 is 0 Å². The molecule has 5 heteroatoms. The Morgan fingerprint density at radius 2 is 1.36 bits per heavy atom. The van der Waals surface area contributed by atoms with E-state index < -0.39 is 0 Å². The number of nitrogens with zero attached hydrogens (tertiary/aromatic N) is 2. The third kappa shape index (κ3) is 5.70. The minimum Gasteiger partial charge on any atom is -0.352 e. The highest BCUT2D eigenvalue weighted by Crippen LogP contribution is 2.26. The van der Waals surface area contributed by atoms with Gasteiger partial charge in [0.05, 0.1) is 6.54 Å². The molecule has 1 aliphatic carbocycles. The van der Waals surface area contributed by atoms with Crippen molar-refractivity contribution in [1.82, 2.24) is 15.1 Å². The summed E-state index contributed by atoms with van der Waals surface area (Å²) in [4.78, 5) is 29.3. The van der Waals surface area contributed by atoms with Gasteiger partial charge in [-0.25, -0.2) is 0 Å². The molecule has 2 heterocycles. The number of piperidine rings is 1. The monoisotopic (exact) mass is 349 g/mol. The molecule has 2 amide bonds. The van der Waals surface area contributed by atoms with Crippen LogP contribution < -0.4 is 5.32 Å². The first-order chi connectivity index (χ1) is 12.2. The van der Waals surface area contributed by atoms with Crippen LogP contribution in [0.5, 0.6) is 0 Å². The van der Waals surface area contributed by atoms with E-state index in [4.69, 9.17) is 0 Å². The molecule has 3 rings (SSSR count). The zero-order chi connectivity index (χ0) is 17.5. The zero-order valence-electron chi connectivity index (χ0n) is 15.7. The van der Waals surface area contributed by atoms with Gasteiger partial charge in [-0.05, 0) is 51.6 Å². The van der Waals surface area contributed by atoms with Gasteiger partial charge in [0, 0.05) is 25.0 Å². The molecule has 5 nitrogen and oxygen atoms in total. The van der Waals surface area contributed by atoms with Crippen LogP contribution in [0.25, 0.3) is 0 Å². The highest BCUT2D eigenvalue weighted by Gasteiger charge is 2.29. The Labute approximate surface area is 152 Å². The van der Waals surface area contributed by atoms with Gasteiger partial charge in [0.2, 0.25) is 11.8 Å². The van der Waals surface area contributed by atoms with Gasteiger partial charge in [0.25, 0.3) is 0 Å². The fourth-order valence-corrected chi connectivity index (χ4v) is 4.62. The van der Waals surface area contributed by atoms with E-state index in [0.717, 1.165) is 51.9 Å². The summed E-state index contributed by atoms with van der Waals surface area (Å²) in [5, 5.41) is 3.21. The smallest absolute Gasteiger partial charge is 0.234 e. The molecule has 0 atom stereocenters.